The fourth-order valence-corrected chi connectivity index (χ4v) is 3.11. The van der Waals surface area contributed by atoms with Crippen molar-refractivity contribution in [3.63, 3.8) is 0 Å². The van der Waals surface area contributed by atoms with E-state index in [1.807, 2.05) is 13.0 Å². The number of methoxy groups -OCH3 is 1. The van der Waals surface area contributed by atoms with Crippen LogP contribution in [-0.4, -0.2) is 12.9 Å². The van der Waals surface area contributed by atoms with Crippen molar-refractivity contribution < 1.29 is 9.53 Å². The van der Waals surface area contributed by atoms with Crippen molar-refractivity contribution in [1.29, 1.82) is 0 Å². The number of hydrogen-bond acceptors (Lipinski definition) is 2. The van der Waals surface area contributed by atoms with E-state index in [2.05, 4.69) is 12.1 Å². The van der Waals surface area contributed by atoms with E-state index >= 15 is 0 Å². The van der Waals surface area contributed by atoms with Gasteiger partial charge in [0.15, 0.2) is 5.78 Å². The highest BCUT2D eigenvalue weighted by Crippen LogP contribution is 2.45. The Hall–Kier alpha value is -1.57. The Morgan fingerprint density at radius 3 is 2.94 bits per heavy atom. The second kappa shape index (κ2) is 3.73. The van der Waals surface area contributed by atoms with Gasteiger partial charge in [-0.05, 0) is 60.1 Å². The van der Waals surface area contributed by atoms with Crippen molar-refractivity contribution in [2.24, 2.45) is 5.92 Å². The maximum absolute atomic E-state index is 11.8. The Labute approximate surface area is 101 Å². The maximum Gasteiger partial charge on any atom is 0.158 e. The molecule has 1 aromatic rings. The van der Waals surface area contributed by atoms with Gasteiger partial charge in [0.1, 0.15) is 5.75 Å². The summed E-state index contributed by atoms with van der Waals surface area (Å²) >= 11 is 0. The van der Waals surface area contributed by atoms with E-state index in [-0.39, 0.29) is 0 Å². The number of hydrogen-bond donors (Lipinski definition) is 0. The quantitative estimate of drug-likeness (QED) is 0.738. The molecule has 1 atom stereocenters. The van der Waals surface area contributed by atoms with Crippen LogP contribution >= 0.6 is 0 Å². The van der Waals surface area contributed by atoms with Crippen LogP contribution in [0.1, 0.15) is 30.9 Å². The maximum atomic E-state index is 11.8. The molecular weight excluding hydrogens is 212 g/mol. The molecule has 17 heavy (non-hydrogen) atoms. The average molecular weight is 228 g/mol. The van der Waals surface area contributed by atoms with Crippen LogP contribution in [0.25, 0.3) is 5.57 Å². The van der Waals surface area contributed by atoms with Gasteiger partial charge in [0.2, 0.25) is 0 Å². The number of ether oxygens (including phenoxy) is 1. The fourth-order valence-electron chi connectivity index (χ4n) is 3.11. The molecule has 0 heterocycles. The zero-order valence-electron chi connectivity index (χ0n) is 10.2. The van der Waals surface area contributed by atoms with Gasteiger partial charge in [-0.2, -0.15) is 0 Å². The van der Waals surface area contributed by atoms with Gasteiger partial charge >= 0.3 is 0 Å². The predicted molar refractivity (Wildman–Crippen MR) is 67.0 cm³/mol. The largest absolute Gasteiger partial charge is 0.497 e. The van der Waals surface area contributed by atoms with Crippen LogP contribution in [0.5, 0.6) is 5.75 Å². The lowest BCUT2D eigenvalue weighted by Crippen LogP contribution is -2.14. The molecule has 88 valence electrons. The molecule has 0 radical (unpaired) electrons. The summed E-state index contributed by atoms with van der Waals surface area (Å²) < 4.78 is 5.26. The summed E-state index contributed by atoms with van der Waals surface area (Å²) in [7, 11) is 1.69. The van der Waals surface area contributed by atoms with Gasteiger partial charge in [0.05, 0.1) is 7.11 Å². The number of benzene rings is 1. The molecule has 0 bridgehead atoms. The molecule has 3 rings (SSSR count). The average Bonchev–Trinajstić information content (AvgIpc) is 2.71. The molecule has 2 nitrogen and oxygen atoms in total. The van der Waals surface area contributed by atoms with E-state index in [0.717, 1.165) is 24.2 Å². The minimum absolute atomic E-state index is 0.319. The first kappa shape index (κ1) is 10.6. The molecule has 0 aromatic heterocycles. The van der Waals surface area contributed by atoms with E-state index in [0.29, 0.717) is 18.1 Å². The number of ketones is 1. The Morgan fingerprint density at radius 1 is 1.35 bits per heavy atom. The summed E-state index contributed by atoms with van der Waals surface area (Å²) in [6.07, 6.45) is 2.78. The third kappa shape index (κ3) is 1.51. The van der Waals surface area contributed by atoms with Crippen molar-refractivity contribution in [3.8, 4) is 5.75 Å². The van der Waals surface area contributed by atoms with Gasteiger partial charge in [-0.25, -0.2) is 0 Å². The third-order valence-electron chi connectivity index (χ3n) is 4.02. The highest BCUT2D eigenvalue weighted by Gasteiger charge is 2.33. The first-order chi connectivity index (χ1) is 8.20. The lowest BCUT2D eigenvalue weighted by molar-refractivity contribution is -0.116. The van der Waals surface area contributed by atoms with Crippen LogP contribution in [0.2, 0.25) is 0 Å². The molecule has 2 aliphatic carbocycles. The molecule has 0 amide bonds. The standard InChI is InChI=1S/C15H16O2/c1-9-14(16)6-3-10-7-11-8-12(17-2)4-5-13(11)15(9)10/h4-5,8,10H,3,6-7H2,1-2H3. The fraction of sp³-hybridized carbons (Fsp3) is 0.400. The Bertz CT molecular complexity index is 526. The summed E-state index contributed by atoms with van der Waals surface area (Å²) in [5.74, 6) is 1.78. The van der Waals surface area contributed by atoms with E-state index in [9.17, 15) is 4.79 Å². The SMILES string of the molecule is COc1ccc2c(c1)CC1CCC(=O)C(C)=C21. The monoisotopic (exact) mass is 228 g/mol. The topological polar surface area (TPSA) is 26.3 Å². The molecule has 0 spiro atoms. The van der Waals surface area contributed by atoms with E-state index in [4.69, 9.17) is 4.74 Å². The van der Waals surface area contributed by atoms with Gasteiger partial charge in [-0.3, -0.25) is 4.79 Å². The molecule has 2 heteroatoms. The number of carbonyl (C=O) groups excluding carboxylic acids is 1. The Morgan fingerprint density at radius 2 is 2.18 bits per heavy atom. The van der Waals surface area contributed by atoms with E-state index < -0.39 is 0 Å². The summed E-state index contributed by atoms with van der Waals surface area (Å²) in [5.41, 5.74) is 4.86. The summed E-state index contributed by atoms with van der Waals surface area (Å²) in [4.78, 5) is 11.8. The smallest absolute Gasteiger partial charge is 0.158 e. The van der Waals surface area contributed by atoms with Gasteiger partial charge in [0, 0.05) is 6.42 Å². The molecule has 2 aliphatic rings. The molecule has 0 saturated heterocycles. The molecule has 0 fully saturated rings. The number of carbonyl (C=O) groups is 1. The Balaban J connectivity index is 2.14. The lowest BCUT2D eigenvalue weighted by atomic mass is 9.83. The van der Waals surface area contributed by atoms with Crippen molar-refractivity contribution in [2.45, 2.75) is 26.2 Å². The van der Waals surface area contributed by atoms with E-state index in [1.54, 1.807) is 7.11 Å². The normalized spacial score (nSPS) is 22.5. The van der Waals surface area contributed by atoms with Gasteiger partial charge in [-0.15, -0.1) is 0 Å². The summed E-state index contributed by atoms with van der Waals surface area (Å²) in [6.45, 7) is 1.98. The van der Waals surface area contributed by atoms with Gasteiger partial charge in [-0.1, -0.05) is 6.07 Å². The van der Waals surface area contributed by atoms with Crippen LogP contribution < -0.4 is 4.74 Å². The van der Waals surface area contributed by atoms with Crippen LogP contribution in [0.15, 0.2) is 23.8 Å². The molecular formula is C15H16O2. The summed E-state index contributed by atoms with van der Waals surface area (Å²) in [6, 6.07) is 6.20. The van der Waals surface area contributed by atoms with Crippen molar-refractivity contribution in [3.05, 3.63) is 34.9 Å². The number of Topliss-reactive ketones (excluding diaryl/α,β-unsaturated/α-hetero) is 1. The van der Waals surface area contributed by atoms with Crippen LogP contribution in [0, 0.1) is 5.92 Å². The second-order valence-electron chi connectivity index (χ2n) is 4.92. The summed E-state index contributed by atoms with van der Waals surface area (Å²) in [5, 5.41) is 0. The van der Waals surface area contributed by atoms with Crippen LogP contribution in [0.3, 0.4) is 0 Å². The minimum Gasteiger partial charge on any atom is -0.497 e. The first-order valence-corrected chi connectivity index (χ1v) is 6.12. The van der Waals surface area contributed by atoms with Crippen molar-refractivity contribution in [2.75, 3.05) is 7.11 Å². The predicted octanol–water partition coefficient (Wildman–Crippen LogP) is 3.00. The molecule has 0 N–H and O–H groups in total. The Kier molecular flexibility index (Phi) is 2.32. The second-order valence-corrected chi connectivity index (χ2v) is 4.92. The number of fused-ring (bicyclic) bond motifs is 3. The van der Waals surface area contributed by atoms with Crippen LogP contribution in [-0.2, 0) is 11.2 Å². The molecule has 1 unspecified atom stereocenters. The van der Waals surface area contributed by atoms with Gasteiger partial charge in [0.25, 0.3) is 0 Å². The lowest BCUT2D eigenvalue weighted by Gasteiger charge is -2.20. The highest BCUT2D eigenvalue weighted by atomic mass is 16.5. The van der Waals surface area contributed by atoms with Crippen LogP contribution in [0.4, 0.5) is 0 Å². The molecule has 1 aromatic carbocycles. The zero-order chi connectivity index (χ0) is 12.0. The van der Waals surface area contributed by atoms with E-state index in [1.165, 1.54) is 16.7 Å². The highest BCUT2D eigenvalue weighted by molar-refractivity contribution is 6.05. The first-order valence-electron chi connectivity index (χ1n) is 6.12. The van der Waals surface area contributed by atoms with Crippen molar-refractivity contribution >= 4 is 11.4 Å². The van der Waals surface area contributed by atoms with Crippen molar-refractivity contribution in [1.82, 2.24) is 0 Å². The number of rotatable bonds is 1. The molecule has 0 saturated carbocycles. The zero-order valence-corrected chi connectivity index (χ0v) is 10.2. The molecule has 0 aliphatic heterocycles. The van der Waals surface area contributed by atoms with Gasteiger partial charge < -0.3 is 4.74 Å². The number of allylic oxidation sites excluding steroid dienone is 2. The third-order valence-corrected chi connectivity index (χ3v) is 4.02. The minimum atomic E-state index is 0.319.